The Kier molecular flexibility index (Phi) is 4.37. The summed E-state index contributed by atoms with van der Waals surface area (Å²) in [7, 11) is -0.748. The second-order valence-corrected chi connectivity index (χ2v) is 5.00. The average Bonchev–Trinajstić information content (AvgIpc) is 2.16. The number of hydrogen-bond donors (Lipinski definition) is 0. The maximum Gasteiger partial charge on any atom is 0.530 e. The lowest BCUT2D eigenvalue weighted by Gasteiger charge is -2.13. The Labute approximate surface area is 93.9 Å². The van der Waals surface area contributed by atoms with Crippen molar-refractivity contribution in [3.05, 3.63) is 30.3 Å². The van der Waals surface area contributed by atoms with E-state index < -0.39 is 22.1 Å². The summed E-state index contributed by atoms with van der Waals surface area (Å²) < 4.78 is 45.0. The van der Waals surface area contributed by atoms with Crippen molar-refractivity contribution >= 4 is 15.7 Å². The summed E-state index contributed by atoms with van der Waals surface area (Å²) in [5, 5.41) is -0.432. The van der Waals surface area contributed by atoms with E-state index in [0.29, 0.717) is 5.75 Å². The van der Waals surface area contributed by atoms with Crippen molar-refractivity contribution in [3.63, 3.8) is 0 Å². The molecule has 0 radical (unpaired) electrons. The Bertz CT molecular complexity index is 369. The van der Waals surface area contributed by atoms with Crippen LogP contribution in [0.25, 0.3) is 0 Å². The molecule has 2 nitrogen and oxygen atoms in total. The molecule has 0 aliphatic carbocycles. The Morgan fingerprint density at radius 2 is 1.69 bits per heavy atom. The van der Waals surface area contributed by atoms with Gasteiger partial charge in [-0.05, 0) is 24.6 Å². The summed E-state index contributed by atoms with van der Waals surface area (Å²) >= 11 is 0. The summed E-state index contributed by atoms with van der Waals surface area (Å²) in [5.41, 5.74) is 0. The molecule has 0 fully saturated rings. The van der Waals surface area contributed by atoms with Gasteiger partial charge >= 0.3 is 6.36 Å². The predicted octanol–water partition coefficient (Wildman–Crippen LogP) is 3.22. The van der Waals surface area contributed by atoms with Crippen molar-refractivity contribution in [2.24, 2.45) is 0 Å². The zero-order valence-electron chi connectivity index (χ0n) is 8.75. The fourth-order valence-electron chi connectivity index (χ4n) is 0.867. The number of benzene rings is 1. The molecule has 1 aromatic rings. The topological polar surface area (TPSA) is 18.5 Å². The predicted molar refractivity (Wildman–Crippen MR) is 58.7 cm³/mol. The molecule has 0 aliphatic heterocycles. The van der Waals surface area contributed by atoms with Gasteiger partial charge in [0.1, 0.15) is 5.75 Å². The molecule has 0 heterocycles. The highest BCUT2D eigenvalue weighted by Crippen LogP contribution is 2.22. The van der Waals surface area contributed by atoms with Crippen molar-refractivity contribution < 1.29 is 22.6 Å². The minimum atomic E-state index is -4.72. The fraction of sp³-hybridized carbons (Fsp3) is 0.300. The zero-order chi connectivity index (χ0) is 12.2. The number of hydrogen-bond acceptors (Lipinski definition) is 2. The Balaban J connectivity index is 2.79. The molecule has 0 atom stereocenters. The molecule has 0 amide bonds. The molecule has 0 aliphatic rings. The minimum absolute atomic E-state index is 0.322. The summed E-state index contributed by atoms with van der Waals surface area (Å²) in [6, 6.07) is 8.21. The molecule has 0 unspecified atom stereocenters. The van der Waals surface area contributed by atoms with Crippen LogP contribution in [0.4, 0.5) is 13.2 Å². The largest absolute Gasteiger partial charge is 0.530 e. The first-order valence-electron chi connectivity index (χ1n) is 4.31. The van der Waals surface area contributed by atoms with Crippen LogP contribution < -0.4 is 4.74 Å². The van der Waals surface area contributed by atoms with Crippen LogP contribution in [-0.4, -0.2) is 24.1 Å². The monoisotopic (exact) mass is 252 g/mol. The van der Waals surface area contributed by atoms with Gasteiger partial charge in [0.2, 0.25) is 0 Å². The number of para-hydroxylation sites is 1. The van der Waals surface area contributed by atoms with Crippen molar-refractivity contribution in [2.45, 2.75) is 6.36 Å². The van der Waals surface area contributed by atoms with Crippen LogP contribution in [0.2, 0.25) is 0 Å². The normalized spacial score (nSPS) is 11.6. The van der Waals surface area contributed by atoms with Gasteiger partial charge in [-0.1, -0.05) is 18.2 Å². The first-order chi connectivity index (χ1) is 7.38. The fourth-order valence-corrected chi connectivity index (χ4v) is 1.39. The van der Waals surface area contributed by atoms with Crippen LogP contribution in [0.1, 0.15) is 0 Å². The van der Waals surface area contributed by atoms with E-state index in [0.717, 1.165) is 0 Å². The average molecular weight is 252 g/mol. The van der Waals surface area contributed by atoms with Gasteiger partial charge < -0.3 is 4.74 Å². The van der Waals surface area contributed by atoms with E-state index in [4.69, 9.17) is 4.74 Å². The standard InChI is InChI=1S/C10H11F3O2S/c1-16(2)9(15-10(11,12)13)14-8-6-4-3-5-7-8/h3-7H,1-2H3. The summed E-state index contributed by atoms with van der Waals surface area (Å²) in [4.78, 5) is 0. The van der Waals surface area contributed by atoms with Crippen LogP contribution in [-0.2, 0) is 4.74 Å². The highest BCUT2D eigenvalue weighted by Gasteiger charge is 2.33. The molecule has 16 heavy (non-hydrogen) atoms. The Morgan fingerprint density at radius 1 is 1.12 bits per heavy atom. The number of halogens is 3. The lowest BCUT2D eigenvalue weighted by atomic mass is 10.3. The molecule has 1 rings (SSSR count). The third-order valence-electron chi connectivity index (χ3n) is 1.48. The minimum Gasteiger partial charge on any atom is -0.430 e. The first kappa shape index (κ1) is 13.1. The third-order valence-corrected chi connectivity index (χ3v) is 2.31. The number of rotatable bonds is 1. The molecule has 6 heteroatoms. The highest BCUT2D eigenvalue weighted by atomic mass is 32.2. The van der Waals surface area contributed by atoms with E-state index in [1.807, 2.05) is 0 Å². The van der Waals surface area contributed by atoms with Gasteiger partial charge in [0.15, 0.2) is 0 Å². The molecular weight excluding hydrogens is 241 g/mol. The number of alkyl halides is 3. The summed E-state index contributed by atoms with van der Waals surface area (Å²) in [5.74, 6) is 0.322. The smallest absolute Gasteiger partial charge is 0.430 e. The molecule has 0 bridgehead atoms. The molecule has 0 spiro atoms. The third kappa shape index (κ3) is 4.67. The van der Waals surface area contributed by atoms with Crippen molar-refractivity contribution in [1.29, 1.82) is 0 Å². The van der Waals surface area contributed by atoms with E-state index in [1.54, 1.807) is 42.8 Å². The maximum atomic E-state index is 12.1. The van der Waals surface area contributed by atoms with Gasteiger partial charge in [0.05, 0.1) is 0 Å². The molecule has 0 saturated heterocycles. The SMILES string of the molecule is CS(C)=C(Oc1ccccc1)OC(F)(F)F. The van der Waals surface area contributed by atoms with E-state index in [2.05, 4.69) is 4.74 Å². The van der Waals surface area contributed by atoms with E-state index in [-0.39, 0.29) is 0 Å². The summed E-state index contributed by atoms with van der Waals surface area (Å²) in [6.07, 6.45) is -1.55. The highest BCUT2D eigenvalue weighted by molar-refractivity contribution is 8.14. The Morgan fingerprint density at radius 3 is 2.12 bits per heavy atom. The van der Waals surface area contributed by atoms with Crippen molar-refractivity contribution in [1.82, 2.24) is 0 Å². The second-order valence-electron chi connectivity index (χ2n) is 3.03. The number of ether oxygens (including phenoxy) is 2. The van der Waals surface area contributed by atoms with Crippen molar-refractivity contribution in [2.75, 3.05) is 12.5 Å². The molecule has 0 aromatic heterocycles. The van der Waals surface area contributed by atoms with Gasteiger partial charge in [-0.3, -0.25) is 0 Å². The van der Waals surface area contributed by atoms with Gasteiger partial charge in [-0.25, -0.2) is 4.74 Å². The van der Waals surface area contributed by atoms with Crippen LogP contribution >= 0.6 is 10.5 Å². The molecule has 90 valence electrons. The van der Waals surface area contributed by atoms with E-state index in [1.165, 1.54) is 0 Å². The van der Waals surface area contributed by atoms with E-state index in [9.17, 15) is 13.2 Å². The van der Waals surface area contributed by atoms with Gasteiger partial charge in [-0.2, -0.15) is 0 Å². The lowest BCUT2D eigenvalue weighted by Crippen LogP contribution is -2.23. The van der Waals surface area contributed by atoms with Crippen LogP contribution in [0.5, 0.6) is 5.75 Å². The van der Waals surface area contributed by atoms with Crippen LogP contribution in [0.3, 0.4) is 0 Å². The lowest BCUT2D eigenvalue weighted by molar-refractivity contribution is -0.287. The van der Waals surface area contributed by atoms with E-state index >= 15 is 0 Å². The van der Waals surface area contributed by atoms with Gasteiger partial charge in [-0.15, -0.1) is 23.7 Å². The van der Waals surface area contributed by atoms with Crippen LogP contribution in [0, 0.1) is 0 Å². The van der Waals surface area contributed by atoms with Gasteiger partial charge in [0, 0.05) is 0 Å². The molecule has 1 aromatic carbocycles. The molecule has 0 N–H and O–H groups in total. The van der Waals surface area contributed by atoms with Crippen LogP contribution in [0.15, 0.2) is 30.3 Å². The molecule has 0 saturated carbocycles. The van der Waals surface area contributed by atoms with Gasteiger partial charge in [0.25, 0.3) is 5.24 Å². The molecular formula is C10H11F3O2S. The first-order valence-corrected chi connectivity index (χ1v) is 6.36. The maximum absolute atomic E-state index is 12.1. The quantitative estimate of drug-likeness (QED) is 0.714. The zero-order valence-corrected chi connectivity index (χ0v) is 9.56. The Hall–Kier alpha value is -1.01. The second kappa shape index (κ2) is 5.36. The van der Waals surface area contributed by atoms with Crippen molar-refractivity contribution in [3.8, 4) is 5.75 Å². The summed E-state index contributed by atoms with van der Waals surface area (Å²) in [6.45, 7) is 0.